The summed E-state index contributed by atoms with van der Waals surface area (Å²) in [4.78, 5) is 54.3. The van der Waals surface area contributed by atoms with Gasteiger partial charge in [-0.3, -0.25) is 18.9 Å². The van der Waals surface area contributed by atoms with Crippen LogP contribution in [0.1, 0.15) is 31.1 Å². The average molecular weight is 346 g/mol. The minimum atomic E-state index is -1.43. The molecule has 25 heavy (non-hydrogen) atoms. The molecule has 0 atom stereocenters. The molecule has 0 unspecified atom stereocenters. The number of fused-ring (bicyclic) bond motifs is 1. The van der Waals surface area contributed by atoms with Gasteiger partial charge in [0, 0.05) is 0 Å². The van der Waals surface area contributed by atoms with Crippen molar-refractivity contribution >= 4 is 29.1 Å². The van der Waals surface area contributed by atoms with Gasteiger partial charge in [-0.2, -0.15) is 0 Å². The third-order valence-corrected chi connectivity index (χ3v) is 3.35. The maximum Gasteiger partial charge on any atom is 0.390 e. The van der Waals surface area contributed by atoms with Crippen LogP contribution < -0.4 is 9.78 Å². The van der Waals surface area contributed by atoms with Gasteiger partial charge < -0.3 is 5.11 Å². The lowest BCUT2D eigenvalue weighted by Crippen LogP contribution is -2.15. The Kier molecular flexibility index (Phi) is 3.10. The number of carboxylic acid groups (broad SMARTS) is 1. The van der Waals surface area contributed by atoms with Crippen molar-refractivity contribution in [3.05, 3.63) is 47.0 Å². The highest BCUT2D eigenvalue weighted by atomic mass is 17.2. The molecule has 4 heterocycles. The van der Waals surface area contributed by atoms with Gasteiger partial charge in [0.15, 0.2) is 5.75 Å². The van der Waals surface area contributed by atoms with Gasteiger partial charge in [0.2, 0.25) is 11.3 Å². The minimum Gasteiger partial charge on any atom is -0.478 e. The Morgan fingerprint density at radius 1 is 0.840 bits per heavy atom. The molecular formula is C15H6O10. The molecule has 1 N–H and O–H groups in total. The van der Waals surface area contributed by atoms with Gasteiger partial charge in [0.1, 0.15) is 11.1 Å². The summed E-state index contributed by atoms with van der Waals surface area (Å²) in [6, 6.07) is 6.31. The molecular weight excluding hydrogens is 340 g/mol. The standard InChI is InChI=1S/C15H6O10/c16-13(17)8-5-9-11-12(23-22-11)10(8)21-20-7-3-1-6(2-4-7)14(18)24-25-15(9)19/h1-5H,(H,16,17). The Bertz CT molecular complexity index is 1010. The molecule has 4 bridgehead atoms. The summed E-state index contributed by atoms with van der Waals surface area (Å²) in [5, 5.41) is 9.32. The topological polar surface area (TPSA) is 135 Å². The number of hydrogen-bond acceptors (Lipinski definition) is 9. The molecule has 1 aromatic heterocycles. The first kappa shape index (κ1) is 14.6. The van der Waals surface area contributed by atoms with E-state index in [-0.39, 0.29) is 33.8 Å². The zero-order valence-electron chi connectivity index (χ0n) is 12.0. The molecule has 3 aliphatic rings. The predicted molar refractivity (Wildman–Crippen MR) is 74.0 cm³/mol. The summed E-state index contributed by atoms with van der Waals surface area (Å²) in [5.74, 6) is -3.66. The molecule has 0 spiro atoms. The highest BCUT2D eigenvalue weighted by molar-refractivity contribution is 6.07. The molecule has 126 valence electrons. The first-order valence-corrected chi connectivity index (χ1v) is 6.71. The van der Waals surface area contributed by atoms with Crippen molar-refractivity contribution in [2.45, 2.75) is 0 Å². The van der Waals surface area contributed by atoms with Crippen LogP contribution in [-0.4, -0.2) is 23.0 Å². The monoisotopic (exact) mass is 346 g/mol. The molecule has 0 saturated heterocycles. The Morgan fingerprint density at radius 3 is 2.16 bits per heavy atom. The van der Waals surface area contributed by atoms with Gasteiger partial charge in [-0.05, 0) is 30.3 Å². The van der Waals surface area contributed by atoms with Gasteiger partial charge in [0.05, 0.1) is 5.56 Å². The summed E-state index contributed by atoms with van der Waals surface area (Å²) in [6.07, 6.45) is 0. The Balaban J connectivity index is 1.88. The Morgan fingerprint density at radius 2 is 1.52 bits per heavy atom. The molecule has 10 heteroatoms. The second-order valence-corrected chi connectivity index (χ2v) is 4.86. The maximum atomic E-state index is 12.1. The molecule has 3 aromatic rings. The van der Waals surface area contributed by atoms with E-state index in [0.717, 1.165) is 6.07 Å². The Labute approximate surface area is 136 Å². The van der Waals surface area contributed by atoms with E-state index in [1.165, 1.54) is 24.3 Å². The highest BCUT2D eigenvalue weighted by Gasteiger charge is 2.31. The molecule has 3 aliphatic heterocycles. The second kappa shape index (κ2) is 5.30. The van der Waals surface area contributed by atoms with Crippen molar-refractivity contribution < 1.29 is 48.2 Å². The van der Waals surface area contributed by atoms with E-state index in [1.54, 1.807) is 0 Å². The van der Waals surface area contributed by atoms with Gasteiger partial charge in [-0.25, -0.2) is 24.2 Å². The number of benzene rings is 2. The molecule has 0 saturated carbocycles. The molecule has 0 aliphatic carbocycles. The lowest BCUT2D eigenvalue weighted by Gasteiger charge is -2.13. The minimum absolute atomic E-state index is 0.0879. The van der Waals surface area contributed by atoms with Crippen molar-refractivity contribution in [2.24, 2.45) is 0 Å². The van der Waals surface area contributed by atoms with E-state index < -0.39 is 23.5 Å². The van der Waals surface area contributed by atoms with Crippen LogP contribution in [0, 0.1) is 0 Å². The van der Waals surface area contributed by atoms with E-state index in [4.69, 9.17) is 14.4 Å². The second-order valence-electron chi connectivity index (χ2n) is 4.86. The Hall–Kier alpha value is -3.95. The summed E-state index contributed by atoms with van der Waals surface area (Å²) >= 11 is 0. The van der Waals surface area contributed by atoms with E-state index in [2.05, 4.69) is 14.4 Å². The predicted octanol–water partition coefficient (Wildman–Crippen LogP) is 2.34. The van der Waals surface area contributed by atoms with Crippen LogP contribution in [0.5, 0.6) is 11.5 Å². The van der Waals surface area contributed by atoms with E-state index >= 15 is 0 Å². The molecule has 2 aromatic carbocycles. The SMILES string of the molecule is O=C1OOC(=O)c2cc(C(=O)O)c(c3ooc23)OOc2ccc1cc2. The van der Waals surface area contributed by atoms with Crippen LogP contribution in [0.4, 0.5) is 0 Å². The summed E-state index contributed by atoms with van der Waals surface area (Å²) < 4.78 is 9.39. The van der Waals surface area contributed by atoms with Crippen molar-refractivity contribution in [1.29, 1.82) is 0 Å². The van der Waals surface area contributed by atoms with Crippen LogP contribution >= 0.6 is 0 Å². The van der Waals surface area contributed by atoms with Crippen molar-refractivity contribution in [1.82, 2.24) is 0 Å². The van der Waals surface area contributed by atoms with Gasteiger partial charge >= 0.3 is 17.9 Å². The van der Waals surface area contributed by atoms with Crippen LogP contribution in [0.3, 0.4) is 0 Å². The van der Waals surface area contributed by atoms with Crippen LogP contribution in [0.2, 0.25) is 0 Å². The first-order valence-electron chi connectivity index (χ1n) is 6.71. The maximum absolute atomic E-state index is 12.1. The van der Waals surface area contributed by atoms with Gasteiger partial charge in [-0.15, -0.1) is 0 Å². The van der Waals surface area contributed by atoms with Crippen molar-refractivity contribution in [3.63, 3.8) is 0 Å². The number of carbonyl (C=O) groups is 3. The van der Waals surface area contributed by atoms with Gasteiger partial charge in [0.25, 0.3) is 5.58 Å². The largest absolute Gasteiger partial charge is 0.478 e. The first-order chi connectivity index (χ1) is 12.0. The molecule has 0 radical (unpaired) electrons. The zero-order chi connectivity index (χ0) is 17.6. The number of carboxylic acids is 1. The molecule has 6 rings (SSSR count). The third-order valence-electron chi connectivity index (χ3n) is 3.35. The fraction of sp³-hybridized carbons (Fsp3) is 0. The number of hydrogen-bond donors (Lipinski definition) is 1. The fourth-order valence-corrected chi connectivity index (χ4v) is 2.13. The van der Waals surface area contributed by atoms with Crippen molar-refractivity contribution in [2.75, 3.05) is 0 Å². The van der Waals surface area contributed by atoms with E-state index in [0.29, 0.717) is 0 Å². The molecule has 0 fully saturated rings. The number of carbonyl (C=O) groups excluding carboxylic acids is 2. The quantitative estimate of drug-likeness (QED) is 0.654. The van der Waals surface area contributed by atoms with Crippen molar-refractivity contribution in [3.8, 4) is 11.5 Å². The molecule has 0 amide bonds. The summed E-state index contributed by atoms with van der Waals surface area (Å²) in [6.45, 7) is 0. The zero-order valence-corrected chi connectivity index (χ0v) is 12.0. The third kappa shape index (κ3) is 2.32. The fourth-order valence-electron chi connectivity index (χ4n) is 2.13. The van der Waals surface area contributed by atoms with Crippen LogP contribution in [0.15, 0.2) is 39.5 Å². The van der Waals surface area contributed by atoms with Crippen LogP contribution in [-0.2, 0) is 9.78 Å². The number of aromatic carboxylic acids is 1. The number of rotatable bonds is 1. The lowest BCUT2D eigenvalue weighted by atomic mass is 10.1. The van der Waals surface area contributed by atoms with E-state index in [9.17, 15) is 19.5 Å². The summed E-state index contributed by atoms with van der Waals surface area (Å²) in [5.41, 5.74) is -1.01. The van der Waals surface area contributed by atoms with Crippen LogP contribution in [0.25, 0.3) is 11.2 Å². The summed E-state index contributed by atoms with van der Waals surface area (Å²) in [7, 11) is 0. The lowest BCUT2D eigenvalue weighted by molar-refractivity contribution is -0.187. The highest BCUT2D eigenvalue weighted by Crippen LogP contribution is 2.36. The normalized spacial score (nSPS) is 13.8. The van der Waals surface area contributed by atoms with Gasteiger partial charge in [-0.1, -0.05) is 0 Å². The average Bonchev–Trinajstić information content (AvgIpc) is 2.57. The smallest absolute Gasteiger partial charge is 0.390 e. The van der Waals surface area contributed by atoms with E-state index in [1.807, 2.05) is 0 Å². The molecule has 10 nitrogen and oxygen atoms in total.